The fraction of sp³-hybridized carbons (Fsp3) is 0.476. The Morgan fingerprint density at radius 2 is 1.56 bits per heavy atom. The zero-order chi connectivity index (χ0) is 23.2. The van der Waals surface area contributed by atoms with Gasteiger partial charge in [-0.2, -0.15) is 5.21 Å². The molecule has 0 saturated heterocycles. The topological polar surface area (TPSA) is 121 Å². The Morgan fingerprint density at radius 1 is 1.06 bits per heavy atom. The molecule has 32 heavy (non-hydrogen) atoms. The lowest BCUT2D eigenvalue weighted by Crippen LogP contribution is -2.36. The van der Waals surface area contributed by atoms with Gasteiger partial charge in [-0.05, 0) is 49.4 Å². The van der Waals surface area contributed by atoms with Gasteiger partial charge in [0.2, 0.25) is 0 Å². The van der Waals surface area contributed by atoms with Crippen LogP contribution in [0.4, 0.5) is 0 Å². The van der Waals surface area contributed by atoms with Gasteiger partial charge in [0.25, 0.3) is 11.8 Å². The summed E-state index contributed by atoms with van der Waals surface area (Å²) >= 11 is 2.93. The summed E-state index contributed by atoms with van der Waals surface area (Å²) in [5.41, 5.74) is 7.78. The van der Waals surface area contributed by atoms with Gasteiger partial charge in [-0.25, -0.2) is 0 Å². The van der Waals surface area contributed by atoms with Gasteiger partial charge in [-0.3, -0.25) is 9.59 Å². The monoisotopic (exact) mass is 473 g/mol. The number of nitrogens with zero attached hydrogens (tertiary/aromatic N) is 5. The molecule has 3 aromatic heterocycles. The lowest BCUT2D eigenvalue weighted by molar-refractivity contribution is 0.0825. The Balaban J connectivity index is 2.02. The van der Waals surface area contributed by atoms with E-state index in [9.17, 15) is 9.59 Å². The minimum atomic E-state index is -0.784. The van der Waals surface area contributed by atoms with E-state index in [1.165, 1.54) is 22.7 Å². The van der Waals surface area contributed by atoms with Crippen molar-refractivity contribution in [3.8, 4) is 0 Å². The summed E-state index contributed by atoms with van der Waals surface area (Å²) in [5, 5.41) is 15.2. The van der Waals surface area contributed by atoms with Crippen molar-refractivity contribution in [3.63, 3.8) is 0 Å². The molecule has 0 unspecified atom stereocenters. The number of nitrogens with one attached hydrogen (secondary N) is 1. The molecule has 1 aliphatic rings. The average Bonchev–Trinajstić information content (AvgIpc) is 3.48. The maximum absolute atomic E-state index is 12.8. The maximum atomic E-state index is 12.8. The van der Waals surface area contributed by atoms with Crippen LogP contribution >= 0.6 is 22.7 Å². The molecule has 0 aliphatic heterocycles. The summed E-state index contributed by atoms with van der Waals surface area (Å²) < 4.78 is 0. The second kappa shape index (κ2) is 8.38. The van der Waals surface area contributed by atoms with Crippen molar-refractivity contribution >= 4 is 34.5 Å². The van der Waals surface area contributed by atoms with Crippen LogP contribution < -0.4 is 5.73 Å². The number of aromatic nitrogens is 4. The molecule has 9 nitrogen and oxygen atoms in total. The summed E-state index contributed by atoms with van der Waals surface area (Å²) in [4.78, 5) is 32.1. The molecule has 0 radical (unpaired) electrons. The van der Waals surface area contributed by atoms with E-state index in [1.807, 2.05) is 19.1 Å². The van der Waals surface area contributed by atoms with Gasteiger partial charge < -0.3 is 15.5 Å². The van der Waals surface area contributed by atoms with Crippen LogP contribution in [0.25, 0.3) is 0 Å². The summed E-state index contributed by atoms with van der Waals surface area (Å²) in [5.74, 6) is 0.428. The number of hydrogen-bond donors (Lipinski definition) is 2. The van der Waals surface area contributed by atoms with Crippen LogP contribution in [-0.2, 0) is 18.3 Å². The Bertz CT molecular complexity index is 1080. The summed E-state index contributed by atoms with van der Waals surface area (Å²) in [6.07, 6.45) is 2.04. The molecule has 2 amide bonds. The number of H-pyrrole nitrogens is 1. The van der Waals surface area contributed by atoms with Crippen molar-refractivity contribution in [2.45, 2.75) is 37.6 Å². The molecule has 3 N–H and O–H groups in total. The fourth-order valence-electron chi connectivity index (χ4n) is 4.28. The molecule has 0 spiro atoms. The first kappa shape index (κ1) is 22.6. The fourth-order valence-corrected chi connectivity index (χ4v) is 7.21. The van der Waals surface area contributed by atoms with Crippen LogP contribution in [0.5, 0.6) is 0 Å². The van der Waals surface area contributed by atoms with Crippen LogP contribution in [0.3, 0.4) is 0 Å². The number of carbonyl (C=O) groups is 2. The van der Waals surface area contributed by atoms with E-state index in [2.05, 4.69) is 20.6 Å². The van der Waals surface area contributed by atoms with E-state index in [1.54, 1.807) is 38.0 Å². The first-order valence-electron chi connectivity index (χ1n) is 10.3. The highest BCUT2D eigenvalue weighted by atomic mass is 32.1. The first-order valence-corrected chi connectivity index (χ1v) is 12.0. The lowest BCUT2D eigenvalue weighted by Gasteiger charge is -2.31. The van der Waals surface area contributed by atoms with Crippen molar-refractivity contribution in [3.05, 3.63) is 48.6 Å². The van der Waals surface area contributed by atoms with Crippen molar-refractivity contribution in [2.24, 2.45) is 5.73 Å². The first-order chi connectivity index (χ1) is 15.1. The highest BCUT2D eigenvalue weighted by molar-refractivity contribution is 7.16. The number of rotatable bonds is 5. The molecule has 0 fully saturated rings. The van der Waals surface area contributed by atoms with Crippen LogP contribution in [0.2, 0.25) is 0 Å². The van der Waals surface area contributed by atoms with Crippen LogP contribution in [0.15, 0.2) is 12.1 Å². The summed E-state index contributed by atoms with van der Waals surface area (Å²) in [6, 6.07) is 3.79. The van der Waals surface area contributed by atoms with E-state index in [0.717, 1.165) is 33.7 Å². The van der Waals surface area contributed by atoms with E-state index < -0.39 is 5.41 Å². The van der Waals surface area contributed by atoms with Crippen molar-refractivity contribution in [1.29, 1.82) is 0 Å². The van der Waals surface area contributed by atoms with Gasteiger partial charge in [0.15, 0.2) is 5.82 Å². The average molecular weight is 474 g/mol. The Kier molecular flexibility index (Phi) is 5.91. The molecular weight excluding hydrogens is 446 g/mol. The third-order valence-electron chi connectivity index (χ3n) is 5.65. The Labute approximate surface area is 194 Å². The smallest absolute Gasteiger partial charge is 0.263 e. The van der Waals surface area contributed by atoms with Crippen molar-refractivity contribution < 1.29 is 9.59 Å². The molecule has 1 aliphatic carbocycles. The van der Waals surface area contributed by atoms with Crippen LogP contribution in [0, 0.1) is 0 Å². The molecule has 170 valence electrons. The second-order valence-electron chi connectivity index (χ2n) is 8.65. The molecule has 3 aromatic rings. The normalized spacial score (nSPS) is 15.4. The minimum Gasteiger partial charge on any atom is -0.344 e. The summed E-state index contributed by atoms with van der Waals surface area (Å²) in [6.45, 7) is 1.95. The van der Waals surface area contributed by atoms with Gasteiger partial charge >= 0.3 is 0 Å². The SMILES string of the molecule is C[C@H](N)CC1(c2nn[nH]n2)c2sc(C(=O)N(C)C)cc2CCc2cc(C(=O)N(C)C)sc21. The number of amides is 2. The molecule has 1 atom stereocenters. The molecule has 0 aromatic carbocycles. The third-order valence-corrected chi connectivity index (χ3v) is 8.30. The van der Waals surface area contributed by atoms with Crippen molar-refractivity contribution in [2.75, 3.05) is 28.2 Å². The zero-order valence-electron chi connectivity index (χ0n) is 18.8. The molecular formula is C21H27N7O2S2. The number of carbonyl (C=O) groups excluding carboxylic acids is 2. The summed E-state index contributed by atoms with van der Waals surface area (Å²) in [7, 11) is 6.99. The predicted molar refractivity (Wildman–Crippen MR) is 124 cm³/mol. The predicted octanol–water partition coefficient (Wildman–Crippen LogP) is 1.90. The number of nitrogens with two attached hydrogens (primary N) is 1. The number of fused-ring (bicyclic) bond motifs is 2. The lowest BCUT2D eigenvalue weighted by atomic mass is 9.76. The second-order valence-corrected chi connectivity index (χ2v) is 10.8. The quantitative estimate of drug-likeness (QED) is 0.584. The van der Waals surface area contributed by atoms with E-state index >= 15 is 0 Å². The highest BCUT2D eigenvalue weighted by Crippen LogP contribution is 2.52. The van der Waals surface area contributed by atoms with Gasteiger partial charge in [0, 0.05) is 44.0 Å². The molecule has 3 heterocycles. The molecule has 0 saturated carbocycles. The zero-order valence-corrected chi connectivity index (χ0v) is 20.4. The minimum absolute atomic E-state index is 0.0410. The highest BCUT2D eigenvalue weighted by Gasteiger charge is 2.48. The Hall–Kier alpha value is -2.63. The molecule has 4 rings (SSSR count). The number of tetrazole rings is 1. The van der Waals surface area contributed by atoms with Gasteiger partial charge in [-0.1, -0.05) is 5.21 Å². The molecule has 0 bridgehead atoms. The van der Waals surface area contributed by atoms with Crippen molar-refractivity contribution in [1.82, 2.24) is 30.4 Å². The van der Waals surface area contributed by atoms with Crippen LogP contribution in [0.1, 0.15) is 59.4 Å². The van der Waals surface area contributed by atoms with Gasteiger partial charge in [0.1, 0.15) is 5.41 Å². The maximum Gasteiger partial charge on any atom is 0.263 e. The van der Waals surface area contributed by atoms with Gasteiger partial charge in [0.05, 0.1) is 9.75 Å². The largest absolute Gasteiger partial charge is 0.344 e. The van der Waals surface area contributed by atoms with E-state index in [-0.39, 0.29) is 17.9 Å². The van der Waals surface area contributed by atoms with E-state index in [4.69, 9.17) is 5.73 Å². The van der Waals surface area contributed by atoms with Crippen LogP contribution in [-0.4, -0.2) is 76.5 Å². The number of hydrogen-bond acceptors (Lipinski definition) is 8. The number of thiophene rings is 2. The van der Waals surface area contributed by atoms with E-state index in [0.29, 0.717) is 22.0 Å². The third kappa shape index (κ3) is 3.63. The Morgan fingerprint density at radius 3 is 1.94 bits per heavy atom. The number of aromatic amines is 1. The standard InChI is InChI=1S/C21H27N7O2S2/c1-11(22)10-21(20-23-25-26-24-20)16-12(8-14(31-16)18(29)27(2)3)6-7-13-9-15(32-17(13)21)19(30)28(4)5/h8-9,11H,6-7,10,22H2,1-5H3,(H,23,24,25,26)/t11-/m0/s1. The molecule has 11 heteroatoms. The van der Waals surface area contributed by atoms with Gasteiger partial charge in [-0.15, -0.1) is 32.9 Å². The number of aryl methyl sites for hydroxylation is 2.